The quantitative estimate of drug-likeness (QED) is 0.671. The van der Waals surface area contributed by atoms with Gasteiger partial charge in [-0.1, -0.05) is 0 Å². The summed E-state index contributed by atoms with van der Waals surface area (Å²) in [6.07, 6.45) is -10.3. The summed E-state index contributed by atoms with van der Waals surface area (Å²) in [5, 5.41) is 9.00. The van der Waals surface area contributed by atoms with E-state index in [9.17, 15) is 26.3 Å². The third-order valence-electron chi connectivity index (χ3n) is 1.67. The molecule has 0 saturated heterocycles. The molecule has 0 saturated carbocycles. The van der Waals surface area contributed by atoms with E-state index < -0.39 is 41.3 Å². The van der Waals surface area contributed by atoms with E-state index in [4.69, 9.17) is 16.7 Å². The summed E-state index contributed by atoms with van der Waals surface area (Å²) >= 11 is 5.22. The predicted octanol–water partition coefficient (Wildman–Crippen LogP) is 3.44. The SMILES string of the molecule is Oc1cc(CCl)c(OC(F)(F)F)nc1C(F)(F)F. The maximum absolute atomic E-state index is 12.3. The van der Waals surface area contributed by atoms with Crippen LogP contribution in [0, 0.1) is 0 Å². The molecule has 102 valence electrons. The fourth-order valence-corrected chi connectivity index (χ4v) is 1.22. The molecule has 3 nitrogen and oxygen atoms in total. The lowest BCUT2D eigenvalue weighted by molar-refractivity contribution is -0.276. The Hall–Kier alpha value is -1.38. The van der Waals surface area contributed by atoms with Gasteiger partial charge in [-0.25, -0.2) is 4.98 Å². The molecule has 0 aliphatic rings. The fraction of sp³-hybridized carbons (Fsp3) is 0.375. The minimum atomic E-state index is -5.21. The predicted molar refractivity (Wildman–Crippen MR) is 47.1 cm³/mol. The third-order valence-corrected chi connectivity index (χ3v) is 1.95. The standard InChI is InChI=1S/C8H4ClF6NO2/c9-2-3-1-4(17)5(7(10,11)12)16-6(3)18-8(13,14)15/h1,17H,2H2. The fourth-order valence-electron chi connectivity index (χ4n) is 1.03. The Morgan fingerprint density at radius 1 is 1.22 bits per heavy atom. The number of aromatic hydroxyl groups is 1. The number of hydrogen-bond acceptors (Lipinski definition) is 3. The first-order valence-corrected chi connectivity index (χ1v) is 4.70. The maximum atomic E-state index is 12.3. The van der Waals surface area contributed by atoms with Crippen molar-refractivity contribution in [1.82, 2.24) is 4.98 Å². The van der Waals surface area contributed by atoms with Crippen molar-refractivity contribution in [3.63, 3.8) is 0 Å². The molecule has 0 aromatic carbocycles. The van der Waals surface area contributed by atoms with E-state index in [1.54, 1.807) is 0 Å². The Morgan fingerprint density at radius 3 is 2.17 bits per heavy atom. The molecule has 0 amide bonds. The molecule has 1 rings (SSSR count). The summed E-state index contributed by atoms with van der Waals surface area (Å²) in [5.41, 5.74) is -2.39. The second-order valence-corrected chi connectivity index (χ2v) is 3.27. The lowest BCUT2D eigenvalue weighted by Gasteiger charge is -2.14. The molecule has 10 heteroatoms. The number of halogens is 7. The number of rotatable bonds is 2. The number of hydrogen-bond donors (Lipinski definition) is 1. The van der Waals surface area contributed by atoms with Gasteiger partial charge in [0.05, 0.1) is 5.88 Å². The molecule has 0 aliphatic carbocycles. The highest BCUT2D eigenvalue weighted by molar-refractivity contribution is 6.17. The van der Waals surface area contributed by atoms with Crippen LogP contribution in [0.15, 0.2) is 6.07 Å². The van der Waals surface area contributed by atoms with Crippen LogP contribution in [0.5, 0.6) is 11.6 Å². The van der Waals surface area contributed by atoms with Crippen LogP contribution < -0.4 is 4.74 Å². The van der Waals surface area contributed by atoms with Crippen molar-refractivity contribution in [2.75, 3.05) is 0 Å². The summed E-state index contributed by atoms with van der Waals surface area (Å²) < 4.78 is 76.0. The van der Waals surface area contributed by atoms with E-state index >= 15 is 0 Å². The molecule has 0 radical (unpaired) electrons. The van der Waals surface area contributed by atoms with Gasteiger partial charge in [-0.15, -0.1) is 24.8 Å². The molecular weight excluding hydrogens is 292 g/mol. The van der Waals surface area contributed by atoms with E-state index in [0.29, 0.717) is 6.07 Å². The Balaban J connectivity index is 3.31. The van der Waals surface area contributed by atoms with Crippen molar-refractivity contribution in [2.45, 2.75) is 18.4 Å². The minimum absolute atomic E-state index is 0.421. The van der Waals surface area contributed by atoms with Gasteiger partial charge in [0, 0.05) is 5.56 Å². The van der Waals surface area contributed by atoms with Crippen molar-refractivity contribution in [3.8, 4) is 11.6 Å². The van der Waals surface area contributed by atoms with Crippen molar-refractivity contribution in [1.29, 1.82) is 0 Å². The minimum Gasteiger partial charge on any atom is -0.506 e. The normalized spacial score (nSPS) is 12.6. The summed E-state index contributed by atoms with van der Waals surface area (Å²) in [6, 6.07) is 0.421. The van der Waals surface area contributed by atoms with Crippen molar-refractivity contribution >= 4 is 11.6 Å². The van der Waals surface area contributed by atoms with E-state index in [2.05, 4.69) is 9.72 Å². The molecule has 0 fully saturated rings. The van der Waals surface area contributed by atoms with Crippen LogP contribution in [0.4, 0.5) is 26.3 Å². The summed E-state index contributed by atoms with van der Waals surface area (Å²) in [5.74, 6) is -3.28. The molecular formula is C8H4ClF6NO2. The van der Waals surface area contributed by atoms with Crippen molar-refractivity contribution in [3.05, 3.63) is 17.3 Å². The van der Waals surface area contributed by atoms with Gasteiger partial charge in [0.1, 0.15) is 5.75 Å². The first kappa shape index (κ1) is 14.7. The molecule has 0 bridgehead atoms. The lowest BCUT2D eigenvalue weighted by Crippen LogP contribution is -2.20. The maximum Gasteiger partial charge on any atom is 0.574 e. The number of alkyl halides is 7. The second-order valence-electron chi connectivity index (χ2n) is 3.00. The summed E-state index contributed by atoms with van der Waals surface area (Å²) in [7, 11) is 0. The zero-order chi connectivity index (χ0) is 14.1. The van der Waals surface area contributed by atoms with Crippen LogP contribution in [0.2, 0.25) is 0 Å². The van der Waals surface area contributed by atoms with Gasteiger partial charge < -0.3 is 9.84 Å². The molecule has 18 heavy (non-hydrogen) atoms. The average Bonchev–Trinajstić information content (AvgIpc) is 2.16. The molecule has 0 unspecified atom stereocenters. The van der Waals surface area contributed by atoms with Gasteiger partial charge in [-0.2, -0.15) is 13.2 Å². The molecule has 0 spiro atoms. The highest BCUT2D eigenvalue weighted by Crippen LogP contribution is 2.38. The van der Waals surface area contributed by atoms with Gasteiger partial charge in [0.2, 0.25) is 5.88 Å². The number of nitrogens with zero attached hydrogens (tertiary/aromatic N) is 1. The van der Waals surface area contributed by atoms with Gasteiger partial charge in [0.25, 0.3) is 0 Å². The topological polar surface area (TPSA) is 42.4 Å². The van der Waals surface area contributed by atoms with Crippen LogP contribution in [0.1, 0.15) is 11.3 Å². The second kappa shape index (κ2) is 4.71. The number of aromatic nitrogens is 1. The van der Waals surface area contributed by atoms with Crippen molar-refractivity contribution < 1.29 is 36.2 Å². The zero-order valence-electron chi connectivity index (χ0n) is 8.23. The first-order valence-electron chi connectivity index (χ1n) is 4.16. The van der Waals surface area contributed by atoms with E-state index in [1.807, 2.05) is 0 Å². The highest BCUT2D eigenvalue weighted by Gasteiger charge is 2.39. The van der Waals surface area contributed by atoms with Gasteiger partial charge in [-0.05, 0) is 6.07 Å². The molecule has 0 atom stereocenters. The average molecular weight is 296 g/mol. The summed E-state index contributed by atoms with van der Waals surface area (Å²) in [6.45, 7) is 0. The highest BCUT2D eigenvalue weighted by atomic mass is 35.5. The largest absolute Gasteiger partial charge is 0.574 e. The van der Waals surface area contributed by atoms with E-state index in [-0.39, 0.29) is 0 Å². The molecule has 1 aromatic heterocycles. The van der Waals surface area contributed by atoms with Gasteiger partial charge in [0.15, 0.2) is 5.69 Å². The van der Waals surface area contributed by atoms with Gasteiger partial charge >= 0.3 is 12.5 Å². The Bertz CT molecular complexity index is 444. The Morgan fingerprint density at radius 2 is 1.78 bits per heavy atom. The molecule has 1 aromatic rings. The monoisotopic (exact) mass is 295 g/mol. The Kier molecular flexibility index (Phi) is 3.84. The van der Waals surface area contributed by atoms with Crippen LogP contribution >= 0.6 is 11.6 Å². The summed E-state index contributed by atoms with van der Waals surface area (Å²) in [4.78, 5) is 2.60. The van der Waals surface area contributed by atoms with Crippen LogP contribution in [0.25, 0.3) is 0 Å². The van der Waals surface area contributed by atoms with Gasteiger partial charge in [-0.3, -0.25) is 0 Å². The Labute approximate surface area is 101 Å². The number of pyridine rings is 1. The van der Waals surface area contributed by atoms with Crippen molar-refractivity contribution in [2.24, 2.45) is 0 Å². The molecule has 1 heterocycles. The molecule has 0 aliphatic heterocycles. The van der Waals surface area contributed by atoms with Crippen LogP contribution in [-0.4, -0.2) is 16.5 Å². The van der Waals surface area contributed by atoms with E-state index in [0.717, 1.165) is 0 Å². The molecule has 1 N–H and O–H groups in total. The van der Waals surface area contributed by atoms with Crippen LogP contribution in [0.3, 0.4) is 0 Å². The smallest absolute Gasteiger partial charge is 0.506 e. The van der Waals surface area contributed by atoms with E-state index in [1.165, 1.54) is 0 Å². The number of ether oxygens (including phenoxy) is 1. The zero-order valence-corrected chi connectivity index (χ0v) is 8.99. The third kappa shape index (κ3) is 3.56. The van der Waals surface area contributed by atoms with Crippen LogP contribution in [-0.2, 0) is 12.1 Å². The first-order chi connectivity index (χ1) is 8.04. The lowest BCUT2D eigenvalue weighted by atomic mass is 10.2.